The number of hydrogen-bond acceptors (Lipinski definition) is 5. The third kappa shape index (κ3) is 2.36. The second-order valence-electron chi connectivity index (χ2n) is 3.64. The quantitative estimate of drug-likeness (QED) is 0.577. The van der Waals surface area contributed by atoms with E-state index in [0.29, 0.717) is 0 Å². The van der Waals surface area contributed by atoms with Crippen LogP contribution in [0, 0.1) is 0 Å². The molecule has 1 aromatic carbocycles. The maximum Gasteiger partial charge on any atom is 0.204 e. The van der Waals surface area contributed by atoms with Crippen molar-refractivity contribution in [1.82, 2.24) is 9.97 Å². The molecule has 0 bridgehead atoms. The number of rotatable bonds is 3. The van der Waals surface area contributed by atoms with Gasteiger partial charge in [0.25, 0.3) is 0 Å². The summed E-state index contributed by atoms with van der Waals surface area (Å²) in [6.45, 7) is 0. The molecule has 0 aliphatic carbocycles. The molecular weight excluding hydrogens is 244 g/mol. The van der Waals surface area contributed by atoms with Crippen LogP contribution in [-0.2, 0) is 0 Å². The molecule has 0 spiro atoms. The summed E-state index contributed by atoms with van der Waals surface area (Å²) < 4.78 is 1.15. The summed E-state index contributed by atoms with van der Waals surface area (Å²) in [5, 5.41) is 4.95. The van der Waals surface area contributed by atoms with Crippen molar-refractivity contribution in [2.24, 2.45) is 5.10 Å². The van der Waals surface area contributed by atoms with Gasteiger partial charge in [-0.3, -0.25) is 10.4 Å². The maximum atomic E-state index is 4.43. The topological polar surface area (TPSA) is 50.2 Å². The summed E-state index contributed by atoms with van der Waals surface area (Å²) in [5.41, 5.74) is 4.93. The SMILES string of the molecule is C(=NNc1nc2ccccc2s1)c1ccncc1. The highest BCUT2D eigenvalue weighted by Crippen LogP contribution is 2.25. The van der Waals surface area contributed by atoms with E-state index in [1.54, 1.807) is 29.9 Å². The van der Waals surface area contributed by atoms with E-state index in [4.69, 9.17) is 0 Å². The lowest BCUT2D eigenvalue weighted by Gasteiger charge is -1.92. The van der Waals surface area contributed by atoms with Crippen LogP contribution in [0.1, 0.15) is 5.56 Å². The van der Waals surface area contributed by atoms with Gasteiger partial charge in [-0.15, -0.1) is 0 Å². The normalized spacial score (nSPS) is 11.1. The van der Waals surface area contributed by atoms with Crippen molar-refractivity contribution in [3.8, 4) is 0 Å². The van der Waals surface area contributed by atoms with Crippen molar-refractivity contribution in [2.75, 3.05) is 5.43 Å². The molecule has 0 aliphatic heterocycles. The van der Waals surface area contributed by atoms with Crippen molar-refractivity contribution in [3.05, 3.63) is 54.4 Å². The molecule has 3 aromatic rings. The molecule has 0 unspecified atom stereocenters. The van der Waals surface area contributed by atoms with E-state index in [9.17, 15) is 0 Å². The first kappa shape index (κ1) is 10.9. The van der Waals surface area contributed by atoms with Gasteiger partial charge in [0.1, 0.15) is 0 Å². The Balaban J connectivity index is 1.75. The first-order chi connectivity index (χ1) is 8.92. The zero-order valence-electron chi connectivity index (χ0n) is 9.45. The summed E-state index contributed by atoms with van der Waals surface area (Å²) in [5.74, 6) is 0. The van der Waals surface area contributed by atoms with Crippen molar-refractivity contribution >= 4 is 32.9 Å². The second-order valence-corrected chi connectivity index (χ2v) is 4.67. The predicted octanol–water partition coefficient (Wildman–Crippen LogP) is 3.14. The largest absolute Gasteiger partial charge is 0.265 e. The molecule has 3 rings (SSSR count). The zero-order chi connectivity index (χ0) is 12.2. The fourth-order valence-corrected chi connectivity index (χ4v) is 2.35. The van der Waals surface area contributed by atoms with E-state index < -0.39 is 0 Å². The van der Waals surface area contributed by atoms with Crippen LogP contribution < -0.4 is 5.43 Å². The van der Waals surface area contributed by atoms with E-state index >= 15 is 0 Å². The fourth-order valence-electron chi connectivity index (χ4n) is 1.53. The minimum absolute atomic E-state index is 0.793. The van der Waals surface area contributed by atoms with Gasteiger partial charge in [0, 0.05) is 12.4 Å². The molecule has 5 heteroatoms. The van der Waals surface area contributed by atoms with Gasteiger partial charge in [-0.05, 0) is 29.8 Å². The Bertz CT molecular complexity index is 643. The minimum Gasteiger partial charge on any atom is -0.265 e. The van der Waals surface area contributed by atoms with Gasteiger partial charge in [-0.1, -0.05) is 23.5 Å². The van der Waals surface area contributed by atoms with Crippen LogP contribution in [0.2, 0.25) is 0 Å². The number of nitrogens with one attached hydrogen (secondary N) is 1. The van der Waals surface area contributed by atoms with Gasteiger partial charge in [-0.2, -0.15) is 5.10 Å². The molecule has 0 saturated carbocycles. The Morgan fingerprint density at radius 3 is 2.78 bits per heavy atom. The molecular formula is C13H10N4S. The summed E-state index contributed by atoms with van der Waals surface area (Å²) in [4.78, 5) is 8.37. The van der Waals surface area contributed by atoms with Gasteiger partial charge in [-0.25, -0.2) is 4.98 Å². The lowest BCUT2D eigenvalue weighted by atomic mass is 10.3. The molecule has 4 nitrogen and oxygen atoms in total. The van der Waals surface area contributed by atoms with E-state index in [-0.39, 0.29) is 0 Å². The molecule has 0 aliphatic rings. The standard InChI is InChI=1S/C13H10N4S/c1-2-4-12-11(3-1)16-13(18-12)17-15-9-10-5-7-14-8-6-10/h1-9H,(H,16,17). The van der Waals surface area contributed by atoms with Gasteiger partial charge < -0.3 is 0 Å². The minimum atomic E-state index is 0.793. The van der Waals surface area contributed by atoms with Crippen molar-refractivity contribution in [3.63, 3.8) is 0 Å². The smallest absolute Gasteiger partial charge is 0.204 e. The number of para-hydroxylation sites is 1. The van der Waals surface area contributed by atoms with Crippen LogP contribution in [0.4, 0.5) is 5.13 Å². The second kappa shape index (κ2) is 4.93. The number of fused-ring (bicyclic) bond motifs is 1. The highest BCUT2D eigenvalue weighted by Gasteiger charge is 2.00. The molecule has 0 saturated heterocycles. The molecule has 18 heavy (non-hydrogen) atoms. The number of hydrogen-bond donors (Lipinski definition) is 1. The molecule has 0 amide bonds. The molecule has 0 radical (unpaired) electrons. The Labute approximate surface area is 108 Å². The van der Waals surface area contributed by atoms with E-state index in [1.165, 1.54) is 0 Å². The van der Waals surface area contributed by atoms with Gasteiger partial charge in [0.2, 0.25) is 5.13 Å². The third-order valence-electron chi connectivity index (χ3n) is 2.37. The monoisotopic (exact) mass is 254 g/mol. The van der Waals surface area contributed by atoms with Crippen molar-refractivity contribution in [2.45, 2.75) is 0 Å². The van der Waals surface area contributed by atoms with Gasteiger partial charge in [0.05, 0.1) is 16.4 Å². The van der Waals surface area contributed by atoms with Crippen molar-refractivity contribution in [1.29, 1.82) is 0 Å². The molecule has 0 atom stereocenters. The van der Waals surface area contributed by atoms with E-state index in [1.807, 2.05) is 36.4 Å². The van der Waals surface area contributed by atoms with Crippen LogP contribution in [-0.4, -0.2) is 16.2 Å². The highest BCUT2D eigenvalue weighted by molar-refractivity contribution is 7.22. The Hall–Kier alpha value is -2.27. The van der Waals surface area contributed by atoms with Crippen LogP contribution in [0.25, 0.3) is 10.2 Å². The number of hydrazone groups is 1. The number of benzene rings is 1. The number of anilines is 1. The average Bonchev–Trinajstić information content (AvgIpc) is 2.82. The Morgan fingerprint density at radius 1 is 1.11 bits per heavy atom. The van der Waals surface area contributed by atoms with E-state index in [0.717, 1.165) is 20.9 Å². The van der Waals surface area contributed by atoms with Crippen molar-refractivity contribution < 1.29 is 0 Å². The first-order valence-corrected chi connectivity index (χ1v) is 6.28. The highest BCUT2D eigenvalue weighted by atomic mass is 32.1. The van der Waals surface area contributed by atoms with Crippen LogP contribution in [0.5, 0.6) is 0 Å². The van der Waals surface area contributed by atoms with Crippen LogP contribution in [0.15, 0.2) is 53.9 Å². The average molecular weight is 254 g/mol. The first-order valence-electron chi connectivity index (χ1n) is 5.46. The number of thiazole rings is 1. The zero-order valence-corrected chi connectivity index (χ0v) is 10.3. The summed E-state index contributed by atoms with van der Waals surface area (Å²) in [7, 11) is 0. The molecule has 1 N–H and O–H groups in total. The fraction of sp³-hybridized carbons (Fsp3) is 0. The number of aromatic nitrogens is 2. The lowest BCUT2D eigenvalue weighted by molar-refractivity contribution is 1.30. The molecule has 2 aromatic heterocycles. The van der Waals surface area contributed by atoms with Crippen LogP contribution >= 0.6 is 11.3 Å². The van der Waals surface area contributed by atoms with Gasteiger partial charge >= 0.3 is 0 Å². The Kier molecular flexibility index (Phi) is 2.97. The number of nitrogens with zero attached hydrogens (tertiary/aromatic N) is 3. The third-order valence-corrected chi connectivity index (χ3v) is 3.31. The summed E-state index contributed by atoms with van der Waals surface area (Å²) >= 11 is 1.58. The summed E-state index contributed by atoms with van der Waals surface area (Å²) in [6.07, 6.45) is 5.21. The van der Waals surface area contributed by atoms with Gasteiger partial charge in [0.15, 0.2) is 0 Å². The lowest BCUT2D eigenvalue weighted by Crippen LogP contribution is -1.89. The molecule has 2 heterocycles. The molecule has 88 valence electrons. The molecule has 0 fully saturated rings. The Morgan fingerprint density at radius 2 is 1.94 bits per heavy atom. The maximum absolute atomic E-state index is 4.43. The summed E-state index contributed by atoms with van der Waals surface area (Å²) in [6, 6.07) is 11.8. The predicted molar refractivity (Wildman–Crippen MR) is 75.1 cm³/mol. The van der Waals surface area contributed by atoms with Crippen LogP contribution in [0.3, 0.4) is 0 Å². The number of pyridine rings is 1. The van der Waals surface area contributed by atoms with E-state index in [2.05, 4.69) is 20.5 Å².